The van der Waals surface area contributed by atoms with Crippen LogP contribution in [-0.2, 0) is 20.8 Å². The molecule has 4 rings (SSSR count). The van der Waals surface area contributed by atoms with Crippen LogP contribution in [0.1, 0.15) is 56.3 Å². The first-order valence-corrected chi connectivity index (χ1v) is 12.9. The van der Waals surface area contributed by atoms with E-state index in [4.69, 9.17) is 14.5 Å². The number of imidazole rings is 1. The summed E-state index contributed by atoms with van der Waals surface area (Å²) in [6.07, 6.45) is 8.65. The van der Waals surface area contributed by atoms with Gasteiger partial charge in [-0.15, -0.1) is 0 Å². The van der Waals surface area contributed by atoms with Crippen molar-refractivity contribution in [3.8, 4) is 0 Å². The third-order valence-electron chi connectivity index (χ3n) is 7.25. The first-order chi connectivity index (χ1) is 15.1. The minimum atomic E-state index is 0.102. The quantitative estimate of drug-likeness (QED) is 0.614. The van der Waals surface area contributed by atoms with Crippen molar-refractivity contribution in [3.05, 3.63) is 11.4 Å². The second-order valence-electron chi connectivity index (χ2n) is 9.26. The van der Waals surface area contributed by atoms with E-state index in [2.05, 4.69) is 21.7 Å². The van der Waals surface area contributed by atoms with Gasteiger partial charge in [0, 0.05) is 37.5 Å². The zero-order chi connectivity index (χ0) is 21.7. The Bertz CT molecular complexity index is 735. The summed E-state index contributed by atoms with van der Waals surface area (Å²) in [4.78, 5) is 20.1. The van der Waals surface area contributed by atoms with Crippen LogP contribution >= 0.6 is 11.8 Å². The summed E-state index contributed by atoms with van der Waals surface area (Å²) in [5, 5.41) is 4.20. The third kappa shape index (κ3) is 5.64. The SMILES string of the molecule is Cc1nc(SCC(=O)NCC2(N3CCOCC3)CCCCC2)n(C[C@H]2CCCO2)c1C. The average molecular weight is 451 g/mol. The summed E-state index contributed by atoms with van der Waals surface area (Å²) in [5.41, 5.74) is 2.31. The van der Waals surface area contributed by atoms with Crippen molar-refractivity contribution in [2.45, 2.75) is 82.1 Å². The molecule has 1 N–H and O–H groups in total. The number of hydrogen-bond donors (Lipinski definition) is 1. The van der Waals surface area contributed by atoms with Gasteiger partial charge in [-0.3, -0.25) is 9.69 Å². The molecule has 0 radical (unpaired) electrons. The molecule has 1 aromatic rings. The highest BCUT2D eigenvalue weighted by Crippen LogP contribution is 2.34. The highest BCUT2D eigenvalue weighted by Gasteiger charge is 2.38. The molecule has 1 aliphatic carbocycles. The molecule has 3 fully saturated rings. The fraction of sp³-hybridized carbons (Fsp3) is 0.826. The van der Waals surface area contributed by atoms with E-state index >= 15 is 0 Å². The molecule has 1 atom stereocenters. The highest BCUT2D eigenvalue weighted by atomic mass is 32.2. The third-order valence-corrected chi connectivity index (χ3v) is 8.22. The maximum Gasteiger partial charge on any atom is 0.230 e. The molecule has 2 aliphatic heterocycles. The van der Waals surface area contributed by atoms with Gasteiger partial charge >= 0.3 is 0 Å². The van der Waals surface area contributed by atoms with Gasteiger partial charge in [0.05, 0.1) is 37.3 Å². The molecule has 3 aliphatic rings. The fourth-order valence-electron chi connectivity index (χ4n) is 5.24. The van der Waals surface area contributed by atoms with E-state index in [0.29, 0.717) is 5.75 Å². The van der Waals surface area contributed by atoms with Crippen molar-refractivity contribution in [2.75, 3.05) is 45.2 Å². The van der Waals surface area contributed by atoms with Gasteiger partial charge in [-0.2, -0.15) is 0 Å². The van der Waals surface area contributed by atoms with Crippen molar-refractivity contribution in [1.82, 2.24) is 19.8 Å². The lowest BCUT2D eigenvalue weighted by Gasteiger charge is -2.48. The van der Waals surface area contributed by atoms with Gasteiger partial charge in [-0.1, -0.05) is 31.0 Å². The van der Waals surface area contributed by atoms with Gasteiger partial charge in [0.2, 0.25) is 5.91 Å². The summed E-state index contributed by atoms with van der Waals surface area (Å²) in [6, 6.07) is 0. The van der Waals surface area contributed by atoms with Gasteiger partial charge in [0.25, 0.3) is 0 Å². The maximum absolute atomic E-state index is 12.8. The van der Waals surface area contributed by atoms with Crippen LogP contribution in [0.5, 0.6) is 0 Å². The number of nitrogens with zero attached hydrogens (tertiary/aromatic N) is 3. The summed E-state index contributed by atoms with van der Waals surface area (Å²) in [6.45, 7) is 10.1. The summed E-state index contributed by atoms with van der Waals surface area (Å²) < 4.78 is 13.6. The summed E-state index contributed by atoms with van der Waals surface area (Å²) in [5.74, 6) is 0.505. The number of aryl methyl sites for hydroxylation is 1. The van der Waals surface area contributed by atoms with E-state index in [0.717, 1.165) is 69.7 Å². The molecular weight excluding hydrogens is 412 g/mol. The Kier molecular flexibility index (Phi) is 7.96. The standard InChI is InChI=1S/C23H38N4O3S/c1-18-19(2)27(15-20-7-6-12-30-20)22(25-18)31-16-21(28)24-17-23(8-4-3-5-9-23)26-10-13-29-14-11-26/h20H,3-17H2,1-2H3,(H,24,28)/t20-/m1/s1. The number of rotatable bonds is 8. The van der Waals surface area contributed by atoms with E-state index in [-0.39, 0.29) is 17.6 Å². The topological polar surface area (TPSA) is 68.6 Å². The maximum atomic E-state index is 12.8. The first kappa shape index (κ1) is 23.1. The molecule has 0 unspecified atom stereocenters. The van der Waals surface area contributed by atoms with E-state index in [1.807, 2.05) is 6.92 Å². The van der Waals surface area contributed by atoms with E-state index in [1.54, 1.807) is 11.8 Å². The number of aromatic nitrogens is 2. The summed E-state index contributed by atoms with van der Waals surface area (Å²) >= 11 is 1.55. The number of hydrogen-bond acceptors (Lipinski definition) is 6. The van der Waals surface area contributed by atoms with E-state index < -0.39 is 0 Å². The van der Waals surface area contributed by atoms with Crippen LogP contribution < -0.4 is 5.32 Å². The Balaban J connectivity index is 1.33. The number of ether oxygens (including phenoxy) is 2. The lowest BCUT2D eigenvalue weighted by atomic mass is 9.79. The first-order valence-electron chi connectivity index (χ1n) is 11.9. The Hall–Kier alpha value is -1.09. The van der Waals surface area contributed by atoms with Gasteiger partial charge < -0.3 is 19.4 Å². The monoisotopic (exact) mass is 450 g/mol. The molecular formula is C23H38N4O3S. The Morgan fingerprint density at radius 1 is 1.16 bits per heavy atom. The lowest BCUT2D eigenvalue weighted by Crippen LogP contribution is -2.59. The zero-order valence-corrected chi connectivity index (χ0v) is 20.0. The number of carbonyl (C=O) groups excluding carboxylic acids is 1. The molecule has 1 saturated carbocycles. The van der Waals surface area contributed by atoms with Crippen LogP contribution in [-0.4, -0.2) is 77.2 Å². The fourth-order valence-corrected chi connectivity index (χ4v) is 6.17. The van der Waals surface area contributed by atoms with Crippen molar-refractivity contribution in [1.29, 1.82) is 0 Å². The Morgan fingerprint density at radius 3 is 2.65 bits per heavy atom. The molecule has 7 nitrogen and oxygen atoms in total. The van der Waals surface area contributed by atoms with Gasteiger partial charge in [-0.05, 0) is 39.5 Å². The van der Waals surface area contributed by atoms with Crippen LogP contribution in [0.2, 0.25) is 0 Å². The van der Waals surface area contributed by atoms with E-state index in [1.165, 1.54) is 37.8 Å². The lowest BCUT2D eigenvalue weighted by molar-refractivity contribution is -0.119. The van der Waals surface area contributed by atoms with Gasteiger partial charge in [-0.25, -0.2) is 4.98 Å². The molecule has 2 saturated heterocycles. The highest BCUT2D eigenvalue weighted by molar-refractivity contribution is 7.99. The van der Waals surface area contributed by atoms with Crippen molar-refractivity contribution < 1.29 is 14.3 Å². The normalized spacial score (nSPS) is 24.4. The number of morpholine rings is 1. The number of nitrogens with one attached hydrogen (secondary N) is 1. The molecule has 174 valence electrons. The molecule has 31 heavy (non-hydrogen) atoms. The second kappa shape index (κ2) is 10.7. The Morgan fingerprint density at radius 2 is 1.94 bits per heavy atom. The van der Waals surface area contributed by atoms with Gasteiger partial charge in [0.1, 0.15) is 0 Å². The van der Waals surface area contributed by atoms with Crippen LogP contribution in [0.25, 0.3) is 0 Å². The molecule has 0 spiro atoms. The zero-order valence-electron chi connectivity index (χ0n) is 19.2. The Labute approximate surface area is 190 Å². The van der Waals surface area contributed by atoms with E-state index in [9.17, 15) is 4.79 Å². The van der Waals surface area contributed by atoms with Crippen molar-refractivity contribution >= 4 is 17.7 Å². The minimum absolute atomic E-state index is 0.102. The van der Waals surface area contributed by atoms with Crippen LogP contribution in [0.3, 0.4) is 0 Å². The van der Waals surface area contributed by atoms with Crippen LogP contribution in [0.4, 0.5) is 0 Å². The number of amides is 1. The second-order valence-corrected chi connectivity index (χ2v) is 10.2. The van der Waals surface area contributed by atoms with Crippen molar-refractivity contribution in [2.24, 2.45) is 0 Å². The van der Waals surface area contributed by atoms with Gasteiger partial charge in [0.15, 0.2) is 5.16 Å². The molecule has 1 aromatic heterocycles. The smallest absolute Gasteiger partial charge is 0.230 e. The molecule has 0 bridgehead atoms. The summed E-state index contributed by atoms with van der Waals surface area (Å²) in [7, 11) is 0. The molecule has 0 aromatic carbocycles. The predicted molar refractivity (Wildman–Crippen MR) is 123 cm³/mol. The molecule has 1 amide bonds. The van der Waals surface area contributed by atoms with Crippen LogP contribution in [0.15, 0.2) is 5.16 Å². The minimum Gasteiger partial charge on any atom is -0.379 e. The van der Waals surface area contributed by atoms with Crippen LogP contribution in [0, 0.1) is 13.8 Å². The molecule has 8 heteroatoms. The van der Waals surface area contributed by atoms with Crippen molar-refractivity contribution in [3.63, 3.8) is 0 Å². The number of thioether (sulfide) groups is 1. The molecule has 3 heterocycles. The largest absolute Gasteiger partial charge is 0.379 e. The number of carbonyl (C=O) groups is 1. The predicted octanol–water partition coefficient (Wildman–Crippen LogP) is 2.92. The average Bonchev–Trinajstić information content (AvgIpc) is 3.41.